The Bertz CT molecular complexity index is 1150. The molecule has 0 saturated carbocycles. The van der Waals surface area contributed by atoms with Gasteiger partial charge in [0, 0.05) is 23.3 Å². The van der Waals surface area contributed by atoms with E-state index in [1.807, 2.05) is 18.2 Å². The smallest absolute Gasteiger partial charge is 0.229 e. The first-order valence-corrected chi connectivity index (χ1v) is 11.3. The van der Waals surface area contributed by atoms with Crippen molar-refractivity contribution in [2.45, 2.75) is 24.8 Å². The first-order chi connectivity index (χ1) is 14.6. The van der Waals surface area contributed by atoms with Gasteiger partial charge in [0.05, 0.1) is 22.5 Å². The van der Waals surface area contributed by atoms with Gasteiger partial charge in [0.1, 0.15) is 5.82 Å². The van der Waals surface area contributed by atoms with Crippen LogP contribution in [0.4, 0.5) is 9.52 Å². The molecule has 152 valence electrons. The van der Waals surface area contributed by atoms with Crippen LogP contribution in [0.15, 0.2) is 71.8 Å². The standard InChI is InChI=1S/C23H20FN3OS2/c1-16-5-8-19(9-6-16)29-13-11-22(28)27(15-18-4-2-3-12-25-18)23-26-20-10-7-17(24)14-21(20)30-23/h2-10,12,14H,11,13,15H2,1H3. The van der Waals surface area contributed by atoms with E-state index in [0.29, 0.717) is 29.4 Å². The van der Waals surface area contributed by atoms with Crippen molar-refractivity contribution >= 4 is 44.4 Å². The number of hydrogen-bond donors (Lipinski definition) is 0. The number of carbonyl (C=O) groups is 1. The van der Waals surface area contributed by atoms with Crippen LogP contribution in [0.3, 0.4) is 0 Å². The highest BCUT2D eigenvalue weighted by Crippen LogP contribution is 2.31. The van der Waals surface area contributed by atoms with Gasteiger partial charge >= 0.3 is 0 Å². The Labute approximate surface area is 182 Å². The topological polar surface area (TPSA) is 46.1 Å². The summed E-state index contributed by atoms with van der Waals surface area (Å²) < 4.78 is 14.3. The molecule has 1 amide bonds. The van der Waals surface area contributed by atoms with Crippen molar-refractivity contribution in [2.75, 3.05) is 10.7 Å². The molecule has 0 unspecified atom stereocenters. The Morgan fingerprint density at radius 3 is 2.73 bits per heavy atom. The minimum absolute atomic E-state index is 0.0280. The van der Waals surface area contributed by atoms with Crippen LogP contribution >= 0.6 is 23.1 Å². The Hall–Kier alpha value is -2.77. The van der Waals surface area contributed by atoms with Gasteiger partial charge in [-0.15, -0.1) is 11.8 Å². The number of aromatic nitrogens is 2. The number of halogens is 1. The van der Waals surface area contributed by atoms with Gasteiger partial charge in [0.25, 0.3) is 0 Å². The zero-order valence-electron chi connectivity index (χ0n) is 16.4. The number of aryl methyl sites for hydroxylation is 1. The Morgan fingerprint density at radius 2 is 1.97 bits per heavy atom. The van der Waals surface area contributed by atoms with Crippen molar-refractivity contribution in [2.24, 2.45) is 0 Å². The van der Waals surface area contributed by atoms with Crippen molar-refractivity contribution in [3.63, 3.8) is 0 Å². The number of anilines is 1. The highest BCUT2D eigenvalue weighted by atomic mass is 32.2. The number of thioether (sulfide) groups is 1. The summed E-state index contributed by atoms with van der Waals surface area (Å²) in [6.45, 7) is 2.38. The maximum atomic E-state index is 13.6. The van der Waals surface area contributed by atoms with Crippen LogP contribution in [-0.4, -0.2) is 21.6 Å². The quantitative estimate of drug-likeness (QED) is 0.340. The Kier molecular flexibility index (Phi) is 6.40. The molecule has 0 aliphatic carbocycles. The first-order valence-electron chi connectivity index (χ1n) is 9.54. The van der Waals surface area contributed by atoms with Crippen LogP contribution in [0.25, 0.3) is 10.2 Å². The minimum Gasteiger partial charge on any atom is -0.282 e. The van der Waals surface area contributed by atoms with Crippen molar-refractivity contribution in [3.8, 4) is 0 Å². The maximum Gasteiger partial charge on any atom is 0.229 e. The third-order valence-corrected chi connectivity index (χ3v) is 6.58. The summed E-state index contributed by atoms with van der Waals surface area (Å²) in [5, 5.41) is 0.562. The Balaban J connectivity index is 1.52. The van der Waals surface area contributed by atoms with Gasteiger partial charge < -0.3 is 0 Å². The molecule has 0 atom stereocenters. The predicted octanol–water partition coefficient (Wildman–Crippen LogP) is 5.85. The van der Waals surface area contributed by atoms with E-state index in [-0.39, 0.29) is 11.7 Å². The highest BCUT2D eigenvalue weighted by molar-refractivity contribution is 7.99. The molecule has 0 bridgehead atoms. The summed E-state index contributed by atoms with van der Waals surface area (Å²) in [7, 11) is 0. The van der Waals surface area contributed by atoms with E-state index in [9.17, 15) is 9.18 Å². The largest absolute Gasteiger partial charge is 0.282 e. The number of nitrogens with zero attached hydrogens (tertiary/aromatic N) is 3. The van der Waals surface area contributed by atoms with E-state index >= 15 is 0 Å². The average molecular weight is 438 g/mol. The second-order valence-corrected chi connectivity index (χ2v) is 9.00. The lowest BCUT2D eigenvalue weighted by atomic mass is 10.2. The average Bonchev–Trinajstić information content (AvgIpc) is 3.17. The second kappa shape index (κ2) is 9.36. The number of pyridine rings is 1. The van der Waals surface area contributed by atoms with Gasteiger partial charge in [-0.05, 0) is 49.4 Å². The van der Waals surface area contributed by atoms with Gasteiger partial charge in [-0.1, -0.05) is 35.1 Å². The SMILES string of the molecule is Cc1ccc(SCCC(=O)N(Cc2ccccn2)c2nc3ccc(F)cc3s2)cc1. The van der Waals surface area contributed by atoms with Crippen molar-refractivity contribution in [1.82, 2.24) is 9.97 Å². The van der Waals surface area contributed by atoms with E-state index in [1.165, 1.54) is 29.0 Å². The second-order valence-electron chi connectivity index (χ2n) is 6.82. The molecule has 7 heteroatoms. The highest BCUT2D eigenvalue weighted by Gasteiger charge is 2.20. The van der Waals surface area contributed by atoms with Gasteiger partial charge in [0.15, 0.2) is 5.13 Å². The first kappa shape index (κ1) is 20.5. The fourth-order valence-electron chi connectivity index (χ4n) is 2.94. The fraction of sp³-hybridized carbons (Fsp3) is 0.174. The molecule has 0 radical (unpaired) electrons. The molecule has 2 heterocycles. The minimum atomic E-state index is -0.310. The number of hydrogen-bond acceptors (Lipinski definition) is 5. The van der Waals surface area contributed by atoms with Crippen molar-refractivity contribution in [3.05, 3.63) is 83.9 Å². The molecular formula is C23H20FN3OS2. The third-order valence-electron chi connectivity index (χ3n) is 4.52. The molecule has 4 nitrogen and oxygen atoms in total. The lowest BCUT2D eigenvalue weighted by Crippen LogP contribution is -2.30. The summed E-state index contributed by atoms with van der Waals surface area (Å²) in [5.74, 6) is 0.328. The molecule has 0 fully saturated rings. The fourth-order valence-corrected chi connectivity index (χ4v) is 4.79. The molecule has 4 rings (SSSR count). The number of rotatable bonds is 7. The summed E-state index contributed by atoms with van der Waals surface area (Å²) >= 11 is 2.97. The van der Waals surface area contributed by atoms with Crippen LogP contribution < -0.4 is 4.90 Å². The van der Waals surface area contributed by atoms with E-state index in [1.54, 1.807) is 28.9 Å². The van der Waals surface area contributed by atoms with Crippen LogP contribution in [-0.2, 0) is 11.3 Å². The van der Waals surface area contributed by atoms with Crippen LogP contribution in [0.2, 0.25) is 0 Å². The Morgan fingerprint density at radius 1 is 1.13 bits per heavy atom. The normalized spacial score (nSPS) is 11.0. The van der Waals surface area contributed by atoms with Crippen LogP contribution in [0.1, 0.15) is 17.7 Å². The van der Waals surface area contributed by atoms with E-state index in [2.05, 4.69) is 41.2 Å². The zero-order chi connectivity index (χ0) is 20.9. The molecule has 0 saturated heterocycles. The molecular weight excluding hydrogens is 417 g/mol. The number of carbonyl (C=O) groups excluding carboxylic acids is 1. The summed E-state index contributed by atoms with van der Waals surface area (Å²) in [5.41, 5.74) is 2.68. The molecule has 30 heavy (non-hydrogen) atoms. The molecule has 4 aromatic rings. The van der Waals surface area contributed by atoms with Crippen LogP contribution in [0, 0.1) is 12.7 Å². The van der Waals surface area contributed by atoms with E-state index in [4.69, 9.17) is 0 Å². The lowest BCUT2D eigenvalue weighted by Gasteiger charge is -2.19. The number of thiazole rings is 1. The van der Waals surface area contributed by atoms with Crippen LogP contribution in [0.5, 0.6) is 0 Å². The van der Waals surface area contributed by atoms with Gasteiger partial charge in [0.2, 0.25) is 5.91 Å². The molecule has 2 aromatic heterocycles. The van der Waals surface area contributed by atoms with Crippen molar-refractivity contribution < 1.29 is 9.18 Å². The summed E-state index contributed by atoms with van der Waals surface area (Å²) in [6.07, 6.45) is 2.08. The van der Waals surface area contributed by atoms with E-state index < -0.39 is 0 Å². The van der Waals surface area contributed by atoms with Gasteiger partial charge in [-0.3, -0.25) is 14.7 Å². The molecule has 0 N–H and O–H groups in total. The number of benzene rings is 2. The lowest BCUT2D eigenvalue weighted by molar-refractivity contribution is -0.118. The van der Waals surface area contributed by atoms with Gasteiger partial charge in [-0.25, -0.2) is 9.37 Å². The number of fused-ring (bicyclic) bond motifs is 1. The molecule has 0 aliphatic rings. The monoisotopic (exact) mass is 437 g/mol. The predicted molar refractivity (Wildman–Crippen MR) is 122 cm³/mol. The molecule has 0 aliphatic heterocycles. The summed E-state index contributed by atoms with van der Waals surface area (Å²) in [4.78, 5) is 24.8. The zero-order valence-corrected chi connectivity index (χ0v) is 18.0. The summed E-state index contributed by atoms with van der Waals surface area (Å²) in [6, 6.07) is 18.4. The molecule has 0 spiro atoms. The number of amides is 1. The maximum absolute atomic E-state index is 13.6. The van der Waals surface area contributed by atoms with Crippen molar-refractivity contribution in [1.29, 1.82) is 0 Å². The molecule has 2 aromatic carbocycles. The third kappa shape index (κ3) is 5.04. The van der Waals surface area contributed by atoms with Gasteiger partial charge in [-0.2, -0.15) is 0 Å². The van der Waals surface area contributed by atoms with E-state index in [0.717, 1.165) is 15.3 Å².